The minimum Gasteiger partial charge on any atom is -0.352 e. The summed E-state index contributed by atoms with van der Waals surface area (Å²) < 4.78 is 14.3. The molecule has 4 aliphatic rings. The molecule has 1 amide bonds. The van der Waals surface area contributed by atoms with Gasteiger partial charge in [0, 0.05) is 30.5 Å². The third-order valence-corrected chi connectivity index (χ3v) is 7.14. The molecule has 0 bridgehead atoms. The molecular weight excluding hydrogens is 335 g/mol. The van der Waals surface area contributed by atoms with Crippen LogP contribution in [0.2, 0.25) is 0 Å². The normalized spacial score (nSPS) is 49.0. The van der Waals surface area contributed by atoms with Gasteiger partial charge in [-0.3, -0.25) is 9.63 Å². The number of carbonyl (C=O) groups excluding carboxylic acids is 1. The summed E-state index contributed by atoms with van der Waals surface area (Å²) in [6, 6.07) is 0.383. The summed E-state index contributed by atoms with van der Waals surface area (Å²) in [7, 11) is 0. The SMILES string of the molecule is CC1CCC(F)C2CC(C(=O)NC3CCCC(C4CC(N)ON4)C3)NC12. The average molecular weight is 368 g/mol. The Kier molecular flexibility index (Phi) is 5.51. The molecule has 0 aromatic rings. The van der Waals surface area contributed by atoms with Crippen LogP contribution in [0.5, 0.6) is 0 Å². The monoisotopic (exact) mass is 368 g/mol. The number of nitrogens with one attached hydrogen (secondary N) is 3. The lowest BCUT2D eigenvalue weighted by Gasteiger charge is -2.34. The van der Waals surface area contributed by atoms with Crippen molar-refractivity contribution in [1.29, 1.82) is 0 Å². The Hall–Kier alpha value is -0.760. The maximum absolute atomic E-state index is 14.3. The van der Waals surface area contributed by atoms with E-state index in [1.165, 1.54) is 0 Å². The van der Waals surface area contributed by atoms with Crippen molar-refractivity contribution in [3.8, 4) is 0 Å². The van der Waals surface area contributed by atoms with Gasteiger partial charge in [-0.25, -0.2) is 4.39 Å². The number of nitrogens with two attached hydrogens (primary N) is 1. The van der Waals surface area contributed by atoms with E-state index < -0.39 is 6.17 Å². The number of alkyl halides is 1. The van der Waals surface area contributed by atoms with Crippen molar-refractivity contribution in [2.45, 2.75) is 94.9 Å². The Balaban J connectivity index is 1.30. The van der Waals surface area contributed by atoms with Crippen molar-refractivity contribution in [2.75, 3.05) is 0 Å². The fraction of sp³-hybridized carbons (Fsp3) is 0.947. The van der Waals surface area contributed by atoms with E-state index in [0.717, 1.165) is 38.5 Å². The van der Waals surface area contributed by atoms with Crippen molar-refractivity contribution >= 4 is 5.91 Å². The topological polar surface area (TPSA) is 88.4 Å². The fourth-order valence-corrected chi connectivity index (χ4v) is 5.64. The van der Waals surface area contributed by atoms with Crippen LogP contribution in [0, 0.1) is 17.8 Å². The number of hydroxylamine groups is 1. The van der Waals surface area contributed by atoms with Crippen molar-refractivity contribution in [3.05, 3.63) is 0 Å². The van der Waals surface area contributed by atoms with Gasteiger partial charge in [0.15, 0.2) is 0 Å². The van der Waals surface area contributed by atoms with Gasteiger partial charge in [-0.05, 0) is 50.4 Å². The molecule has 5 N–H and O–H groups in total. The molecule has 0 spiro atoms. The van der Waals surface area contributed by atoms with E-state index in [0.29, 0.717) is 24.7 Å². The Morgan fingerprint density at radius 1 is 1.19 bits per heavy atom. The molecule has 2 aliphatic heterocycles. The van der Waals surface area contributed by atoms with Crippen LogP contribution in [-0.4, -0.2) is 42.5 Å². The zero-order chi connectivity index (χ0) is 18.3. The van der Waals surface area contributed by atoms with Crippen LogP contribution in [0.4, 0.5) is 4.39 Å². The molecule has 2 saturated heterocycles. The second-order valence-electron chi connectivity index (χ2n) is 8.96. The van der Waals surface area contributed by atoms with Gasteiger partial charge in [0.2, 0.25) is 5.91 Å². The molecule has 26 heavy (non-hydrogen) atoms. The summed E-state index contributed by atoms with van der Waals surface area (Å²) in [6.45, 7) is 2.17. The van der Waals surface area contributed by atoms with E-state index in [2.05, 4.69) is 23.0 Å². The molecule has 6 nitrogen and oxygen atoms in total. The third-order valence-electron chi connectivity index (χ3n) is 7.14. The van der Waals surface area contributed by atoms with E-state index >= 15 is 0 Å². The molecule has 9 atom stereocenters. The molecule has 0 aromatic heterocycles. The van der Waals surface area contributed by atoms with Gasteiger partial charge >= 0.3 is 0 Å². The standard InChI is InChI=1S/C19H33FN4O2/c1-10-5-6-14(20)13-8-16(23-18(10)13)19(25)22-12-4-2-3-11(7-12)15-9-17(21)26-24-15/h10-18,23-24H,2-9,21H2,1H3,(H,22,25). The Labute approximate surface area is 155 Å². The van der Waals surface area contributed by atoms with E-state index in [4.69, 9.17) is 10.6 Å². The van der Waals surface area contributed by atoms with E-state index in [1.807, 2.05) is 0 Å². The lowest BCUT2D eigenvalue weighted by Crippen LogP contribution is -2.50. The minimum absolute atomic E-state index is 0.00469. The predicted molar refractivity (Wildman–Crippen MR) is 96.6 cm³/mol. The first-order chi connectivity index (χ1) is 12.5. The smallest absolute Gasteiger partial charge is 0.237 e. The fourth-order valence-electron chi connectivity index (χ4n) is 5.64. The first kappa shape index (κ1) is 18.6. The van der Waals surface area contributed by atoms with Gasteiger partial charge in [-0.15, -0.1) is 0 Å². The third kappa shape index (κ3) is 3.77. The first-order valence-corrected chi connectivity index (χ1v) is 10.4. The van der Waals surface area contributed by atoms with E-state index in [-0.39, 0.29) is 42.2 Å². The summed E-state index contributed by atoms with van der Waals surface area (Å²) in [5, 5.41) is 6.67. The summed E-state index contributed by atoms with van der Waals surface area (Å²) in [6.07, 6.45) is 6.25. The van der Waals surface area contributed by atoms with Gasteiger partial charge < -0.3 is 16.4 Å². The highest BCUT2D eigenvalue weighted by atomic mass is 19.1. The highest BCUT2D eigenvalue weighted by Crippen LogP contribution is 2.39. The number of rotatable bonds is 3. The van der Waals surface area contributed by atoms with Crippen LogP contribution in [0.3, 0.4) is 0 Å². The Bertz CT molecular complexity index is 504. The van der Waals surface area contributed by atoms with Gasteiger partial charge in [-0.2, -0.15) is 5.48 Å². The largest absolute Gasteiger partial charge is 0.352 e. The second kappa shape index (κ2) is 7.70. The van der Waals surface area contributed by atoms with Crippen molar-refractivity contribution in [2.24, 2.45) is 23.5 Å². The Morgan fingerprint density at radius 2 is 2.04 bits per heavy atom. The Morgan fingerprint density at radius 3 is 2.77 bits per heavy atom. The summed E-state index contributed by atoms with van der Waals surface area (Å²) in [5.74, 6) is 0.977. The van der Waals surface area contributed by atoms with E-state index in [1.54, 1.807) is 0 Å². The second-order valence-corrected chi connectivity index (χ2v) is 8.96. The van der Waals surface area contributed by atoms with Crippen molar-refractivity contribution in [1.82, 2.24) is 16.1 Å². The number of hydrogen-bond donors (Lipinski definition) is 4. The minimum atomic E-state index is -0.766. The maximum Gasteiger partial charge on any atom is 0.237 e. The molecule has 2 aliphatic carbocycles. The quantitative estimate of drug-likeness (QED) is 0.604. The maximum atomic E-state index is 14.3. The molecule has 9 unspecified atom stereocenters. The first-order valence-electron chi connectivity index (χ1n) is 10.4. The summed E-state index contributed by atoms with van der Waals surface area (Å²) in [4.78, 5) is 18.1. The van der Waals surface area contributed by atoms with Crippen LogP contribution in [0.25, 0.3) is 0 Å². The van der Waals surface area contributed by atoms with E-state index in [9.17, 15) is 9.18 Å². The molecule has 7 heteroatoms. The number of amides is 1. The molecule has 0 aromatic carbocycles. The highest BCUT2D eigenvalue weighted by Gasteiger charge is 2.46. The molecule has 4 rings (SSSR count). The number of hydrogen-bond acceptors (Lipinski definition) is 5. The van der Waals surface area contributed by atoms with Crippen LogP contribution in [-0.2, 0) is 9.63 Å². The van der Waals surface area contributed by atoms with Gasteiger partial charge in [0.1, 0.15) is 12.4 Å². The molecule has 2 heterocycles. The molecule has 4 fully saturated rings. The summed E-state index contributed by atoms with van der Waals surface area (Å²) >= 11 is 0. The van der Waals surface area contributed by atoms with Crippen molar-refractivity contribution in [3.63, 3.8) is 0 Å². The number of halogens is 1. The summed E-state index contributed by atoms with van der Waals surface area (Å²) in [5.41, 5.74) is 8.87. The number of carbonyl (C=O) groups is 1. The molecule has 0 radical (unpaired) electrons. The molecular formula is C19H33FN4O2. The van der Waals surface area contributed by atoms with Gasteiger partial charge in [0.05, 0.1) is 6.04 Å². The lowest BCUT2D eigenvalue weighted by atomic mass is 9.77. The van der Waals surface area contributed by atoms with Crippen LogP contribution in [0.15, 0.2) is 0 Å². The number of fused-ring (bicyclic) bond motifs is 1. The molecule has 148 valence electrons. The average Bonchev–Trinajstić information content (AvgIpc) is 3.26. The van der Waals surface area contributed by atoms with Crippen LogP contribution in [0.1, 0.15) is 58.3 Å². The molecule has 2 saturated carbocycles. The van der Waals surface area contributed by atoms with Crippen LogP contribution < -0.4 is 21.8 Å². The van der Waals surface area contributed by atoms with Crippen LogP contribution >= 0.6 is 0 Å². The predicted octanol–water partition coefficient (Wildman–Crippen LogP) is 1.35. The van der Waals surface area contributed by atoms with Crippen molar-refractivity contribution < 1.29 is 14.0 Å². The zero-order valence-corrected chi connectivity index (χ0v) is 15.6. The van der Waals surface area contributed by atoms with Gasteiger partial charge in [-0.1, -0.05) is 13.3 Å². The zero-order valence-electron chi connectivity index (χ0n) is 15.6. The lowest BCUT2D eigenvalue weighted by molar-refractivity contribution is -0.124. The van der Waals surface area contributed by atoms with Gasteiger partial charge in [0.25, 0.3) is 0 Å². The highest BCUT2D eigenvalue weighted by molar-refractivity contribution is 5.82.